The number of aromatic nitrogens is 2. The molecule has 0 aliphatic heterocycles. The molecule has 166 valence electrons. The molecular formula is C28H26N2O2S. The highest BCUT2D eigenvalue weighted by Crippen LogP contribution is 2.50. The van der Waals surface area contributed by atoms with Gasteiger partial charge in [0.2, 0.25) is 0 Å². The predicted octanol–water partition coefficient (Wildman–Crippen LogP) is 6.21. The van der Waals surface area contributed by atoms with Crippen LogP contribution >= 0.6 is 11.8 Å². The standard InChI is InChI=1S/C28H26N2O2S/c31-26-24-25(23-13-5-4-11-21(23)17-28(24)14-6-7-15-28)29-27(30(26)18-22-12-8-16-32-22)33-19-20-9-2-1-3-10-20/h1-5,8-13,16H,6-7,14-15,17-19H2. The SMILES string of the molecule is O=c1c2c(nc(SCc3ccccc3)n1Cc1ccco1)-c1ccccc1CC21CCCC1. The van der Waals surface area contributed by atoms with E-state index in [2.05, 4.69) is 36.4 Å². The maximum absolute atomic E-state index is 14.2. The lowest BCUT2D eigenvalue weighted by atomic mass is 9.68. The molecule has 6 rings (SSSR count). The van der Waals surface area contributed by atoms with Crippen LogP contribution < -0.4 is 5.56 Å². The minimum absolute atomic E-state index is 0.0959. The van der Waals surface area contributed by atoms with Gasteiger partial charge in [-0.15, -0.1) is 0 Å². The second-order valence-corrected chi connectivity index (χ2v) is 10.1. The van der Waals surface area contributed by atoms with Crippen molar-refractivity contribution >= 4 is 11.8 Å². The molecule has 1 saturated carbocycles. The summed E-state index contributed by atoms with van der Waals surface area (Å²) < 4.78 is 7.48. The van der Waals surface area contributed by atoms with Gasteiger partial charge < -0.3 is 4.42 Å². The smallest absolute Gasteiger partial charge is 0.258 e. The van der Waals surface area contributed by atoms with E-state index in [0.717, 1.165) is 52.8 Å². The Morgan fingerprint density at radius 2 is 1.76 bits per heavy atom. The van der Waals surface area contributed by atoms with E-state index >= 15 is 0 Å². The third kappa shape index (κ3) is 3.65. The average molecular weight is 455 g/mol. The molecule has 0 radical (unpaired) electrons. The third-order valence-electron chi connectivity index (χ3n) is 7.13. The van der Waals surface area contributed by atoms with E-state index in [4.69, 9.17) is 9.40 Å². The highest BCUT2D eigenvalue weighted by Gasteiger charge is 2.44. The van der Waals surface area contributed by atoms with Gasteiger partial charge >= 0.3 is 0 Å². The van der Waals surface area contributed by atoms with E-state index in [1.165, 1.54) is 24.0 Å². The minimum atomic E-state index is -0.0959. The van der Waals surface area contributed by atoms with Gasteiger partial charge in [-0.25, -0.2) is 4.98 Å². The lowest BCUT2D eigenvalue weighted by Crippen LogP contribution is -2.40. The average Bonchev–Trinajstić information content (AvgIpc) is 3.53. The first-order valence-electron chi connectivity index (χ1n) is 11.7. The summed E-state index contributed by atoms with van der Waals surface area (Å²) >= 11 is 1.62. The lowest BCUT2D eigenvalue weighted by Gasteiger charge is -2.36. The fourth-order valence-electron chi connectivity index (χ4n) is 5.58. The van der Waals surface area contributed by atoms with Crippen molar-refractivity contribution in [3.05, 3.63) is 106 Å². The molecule has 0 saturated heterocycles. The van der Waals surface area contributed by atoms with Gasteiger partial charge in [-0.05, 0) is 42.5 Å². The Kier molecular flexibility index (Phi) is 5.22. The van der Waals surface area contributed by atoms with Crippen LogP contribution in [0.3, 0.4) is 0 Å². The van der Waals surface area contributed by atoms with E-state index in [0.29, 0.717) is 6.54 Å². The molecule has 0 N–H and O–H groups in total. The van der Waals surface area contributed by atoms with Gasteiger partial charge in [0.05, 0.1) is 24.1 Å². The molecule has 5 heteroatoms. The summed E-state index contributed by atoms with van der Waals surface area (Å²) in [4.78, 5) is 19.4. The van der Waals surface area contributed by atoms with Crippen LogP contribution in [-0.2, 0) is 24.1 Å². The molecule has 0 bridgehead atoms. The van der Waals surface area contributed by atoms with Crippen molar-refractivity contribution in [2.75, 3.05) is 0 Å². The van der Waals surface area contributed by atoms with Crippen LogP contribution in [0.25, 0.3) is 11.3 Å². The van der Waals surface area contributed by atoms with Crippen molar-refractivity contribution in [3.8, 4) is 11.3 Å². The van der Waals surface area contributed by atoms with Crippen LogP contribution in [0.5, 0.6) is 0 Å². The summed E-state index contributed by atoms with van der Waals surface area (Å²) in [5, 5.41) is 0.754. The lowest BCUT2D eigenvalue weighted by molar-refractivity contribution is 0.411. The second-order valence-electron chi connectivity index (χ2n) is 9.18. The molecule has 2 aromatic heterocycles. The quantitative estimate of drug-likeness (QED) is 0.266. The summed E-state index contributed by atoms with van der Waals surface area (Å²) in [5.41, 5.74) is 5.48. The van der Waals surface area contributed by atoms with Crippen molar-refractivity contribution in [1.82, 2.24) is 9.55 Å². The molecule has 0 unspecified atom stereocenters. The minimum Gasteiger partial charge on any atom is -0.467 e. The van der Waals surface area contributed by atoms with Crippen LogP contribution in [0.1, 0.15) is 48.1 Å². The Labute approximate surface area is 197 Å². The molecule has 0 amide bonds. The molecule has 4 aromatic rings. The molecule has 2 aromatic carbocycles. The van der Waals surface area contributed by atoms with Crippen LogP contribution in [-0.4, -0.2) is 9.55 Å². The summed E-state index contributed by atoms with van der Waals surface area (Å²) in [6.45, 7) is 0.404. The first kappa shape index (κ1) is 20.5. The zero-order valence-electron chi connectivity index (χ0n) is 18.5. The number of hydrogen-bond donors (Lipinski definition) is 0. The Bertz CT molecular complexity index is 1340. The highest BCUT2D eigenvalue weighted by atomic mass is 32.2. The largest absolute Gasteiger partial charge is 0.467 e. The number of rotatable bonds is 5. The van der Waals surface area contributed by atoms with Gasteiger partial charge in [0.15, 0.2) is 5.16 Å². The summed E-state index contributed by atoms with van der Waals surface area (Å²) in [6.07, 6.45) is 7.06. The van der Waals surface area contributed by atoms with Crippen LogP contribution in [0.4, 0.5) is 0 Å². The zero-order valence-corrected chi connectivity index (χ0v) is 19.3. The normalized spacial score (nSPS) is 16.0. The Morgan fingerprint density at radius 1 is 0.970 bits per heavy atom. The maximum atomic E-state index is 14.2. The Hall–Kier alpha value is -3.05. The number of fused-ring (bicyclic) bond motifs is 4. The number of furan rings is 1. The zero-order chi connectivity index (χ0) is 22.3. The van der Waals surface area contributed by atoms with Crippen molar-refractivity contribution < 1.29 is 4.42 Å². The number of hydrogen-bond acceptors (Lipinski definition) is 4. The van der Waals surface area contributed by atoms with E-state index in [-0.39, 0.29) is 11.0 Å². The number of benzene rings is 2. The monoisotopic (exact) mass is 454 g/mol. The van der Waals surface area contributed by atoms with Crippen LogP contribution in [0, 0.1) is 0 Å². The molecule has 33 heavy (non-hydrogen) atoms. The van der Waals surface area contributed by atoms with E-state index in [1.54, 1.807) is 18.0 Å². The van der Waals surface area contributed by atoms with Crippen molar-refractivity contribution in [1.29, 1.82) is 0 Å². The molecule has 1 spiro atoms. The summed E-state index contributed by atoms with van der Waals surface area (Å²) in [5.74, 6) is 1.54. The first-order chi connectivity index (χ1) is 16.2. The molecule has 1 fully saturated rings. The van der Waals surface area contributed by atoms with Gasteiger partial charge in [0.1, 0.15) is 5.76 Å². The second kappa shape index (κ2) is 8.38. The third-order valence-corrected chi connectivity index (χ3v) is 8.18. The molecule has 4 nitrogen and oxygen atoms in total. The molecule has 2 aliphatic rings. The van der Waals surface area contributed by atoms with Crippen LogP contribution in [0.2, 0.25) is 0 Å². The Morgan fingerprint density at radius 3 is 2.55 bits per heavy atom. The van der Waals surface area contributed by atoms with E-state index in [1.807, 2.05) is 34.9 Å². The fourth-order valence-corrected chi connectivity index (χ4v) is 6.52. The van der Waals surface area contributed by atoms with Gasteiger partial charge in [-0.1, -0.05) is 79.2 Å². The molecule has 0 atom stereocenters. The van der Waals surface area contributed by atoms with Gasteiger partial charge in [-0.3, -0.25) is 9.36 Å². The van der Waals surface area contributed by atoms with Gasteiger partial charge in [0, 0.05) is 16.7 Å². The van der Waals surface area contributed by atoms with E-state index < -0.39 is 0 Å². The fraction of sp³-hybridized carbons (Fsp3) is 0.286. The molecular weight excluding hydrogens is 428 g/mol. The van der Waals surface area contributed by atoms with Crippen LogP contribution in [0.15, 0.2) is 87.4 Å². The maximum Gasteiger partial charge on any atom is 0.258 e. The van der Waals surface area contributed by atoms with E-state index in [9.17, 15) is 4.79 Å². The molecule has 2 heterocycles. The number of thioether (sulfide) groups is 1. The van der Waals surface area contributed by atoms with Gasteiger partial charge in [-0.2, -0.15) is 0 Å². The number of nitrogens with zero attached hydrogens (tertiary/aromatic N) is 2. The van der Waals surface area contributed by atoms with Crippen molar-refractivity contribution in [3.63, 3.8) is 0 Å². The first-order valence-corrected chi connectivity index (χ1v) is 12.6. The summed E-state index contributed by atoms with van der Waals surface area (Å²) in [6, 6.07) is 22.7. The van der Waals surface area contributed by atoms with Gasteiger partial charge in [0.25, 0.3) is 5.56 Å². The highest BCUT2D eigenvalue weighted by molar-refractivity contribution is 7.98. The topological polar surface area (TPSA) is 48.0 Å². The summed E-state index contributed by atoms with van der Waals surface area (Å²) in [7, 11) is 0. The molecule has 2 aliphatic carbocycles. The predicted molar refractivity (Wildman–Crippen MR) is 132 cm³/mol. The Balaban J connectivity index is 1.53. The van der Waals surface area contributed by atoms with Crippen molar-refractivity contribution in [2.45, 2.75) is 55.0 Å². The van der Waals surface area contributed by atoms with Crippen molar-refractivity contribution in [2.24, 2.45) is 0 Å².